The smallest absolute Gasteiger partial charge is 0.268 e. The van der Waals surface area contributed by atoms with Gasteiger partial charge < -0.3 is 0 Å². The number of hydrogen-bond donors (Lipinski definition) is 0. The van der Waals surface area contributed by atoms with Crippen LogP contribution in [0.1, 0.15) is 52.9 Å². The summed E-state index contributed by atoms with van der Waals surface area (Å²) in [7, 11) is 0. The fraction of sp³-hybridized carbons (Fsp3) is 0.560. The number of fused-ring (bicyclic) bond motifs is 1. The van der Waals surface area contributed by atoms with Gasteiger partial charge in [0.25, 0.3) is 5.91 Å². The molecule has 1 saturated heterocycles. The number of amides is 1. The van der Waals surface area contributed by atoms with Gasteiger partial charge in [0.2, 0.25) is 0 Å². The molecule has 1 amide bonds. The summed E-state index contributed by atoms with van der Waals surface area (Å²) >= 11 is 0. The minimum atomic E-state index is -0.470. The molecule has 5 fully saturated rings. The lowest BCUT2D eigenvalue weighted by atomic mass is 9.48. The Bertz CT molecular complexity index is 958. The third kappa shape index (κ3) is 2.08. The first-order chi connectivity index (χ1) is 13.4. The van der Waals surface area contributed by atoms with Crippen molar-refractivity contribution in [2.24, 2.45) is 23.2 Å². The topological polar surface area (TPSA) is 23.6 Å². The molecule has 4 bridgehead atoms. The summed E-state index contributed by atoms with van der Waals surface area (Å²) in [6.45, 7) is 6.68. The van der Waals surface area contributed by atoms with Crippen molar-refractivity contribution >= 4 is 22.4 Å². The molecule has 2 aromatic rings. The molecule has 7 rings (SSSR count). The van der Waals surface area contributed by atoms with Gasteiger partial charge in [-0.25, -0.2) is 5.01 Å². The Morgan fingerprint density at radius 2 is 1.57 bits per heavy atom. The second kappa shape index (κ2) is 5.31. The number of hydrazine groups is 1. The first-order valence-corrected chi connectivity index (χ1v) is 11.0. The summed E-state index contributed by atoms with van der Waals surface area (Å²) in [4.78, 5) is 13.4. The molecule has 0 spiro atoms. The Hall–Kier alpha value is -2.03. The van der Waals surface area contributed by atoms with E-state index in [1.165, 1.54) is 48.6 Å². The van der Waals surface area contributed by atoms with Crippen LogP contribution in [0.25, 0.3) is 10.8 Å². The zero-order chi connectivity index (χ0) is 19.3. The summed E-state index contributed by atoms with van der Waals surface area (Å²) < 4.78 is 0. The third-order valence-corrected chi connectivity index (χ3v) is 8.28. The maximum atomic E-state index is 13.4. The van der Waals surface area contributed by atoms with Gasteiger partial charge in [-0.05, 0) is 80.6 Å². The Morgan fingerprint density at radius 1 is 0.893 bits per heavy atom. The Labute approximate surface area is 167 Å². The molecule has 4 aliphatic carbocycles. The number of hydrogen-bond acceptors (Lipinski definition) is 2. The Kier molecular flexibility index (Phi) is 3.20. The van der Waals surface area contributed by atoms with Crippen LogP contribution in [0.2, 0.25) is 0 Å². The number of benzene rings is 2. The second-order valence-corrected chi connectivity index (χ2v) is 10.8. The lowest BCUT2D eigenvalue weighted by Gasteiger charge is -2.67. The second-order valence-electron chi connectivity index (χ2n) is 10.8. The number of carbonyl (C=O) groups excluding carboxylic acids is 1. The number of anilines is 1. The molecule has 1 heterocycles. The molecule has 0 radical (unpaired) electrons. The Morgan fingerprint density at radius 3 is 2.29 bits per heavy atom. The molecule has 2 aromatic carbocycles. The van der Waals surface area contributed by atoms with Gasteiger partial charge in [0, 0.05) is 5.39 Å². The van der Waals surface area contributed by atoms with Gasteiger partial charge in [0.05, 0.1) is 11.7 Å². The molecular formula is C25H30N2O. The van der Waals surface area contributed by atoms with Crippen LogP contribution in [0, 0.1) is 23.2 Å². The first kappa shape index (κ1) is 16.9. The van der Waals surface area contributed by atoms with Crippen molar-refractivity contribution in [2.75, 3.05) is 5.01 Å². The highest BCUT2D eigenvalue weighted by Crippen LogP contribution is 2.62. The largest absolute Gasteiger partial charge is 0.270 e. The van der Waals surface area contributed by atoms with Gasteiger partial charge >= 0.3 is 0 Å². The van der Waals surface area contributed by atoms with Gasteiger partial charge in [-0.3, -0.25) is 9.80 Å². The minimum absolute atomic E-state index is 0.308. The average molecular weight is 375 g/mol. The molecule has 3 heteroatoms. The van der Waals surface area contributed by atoms with Crippen LogP contribution >= 0.6 is 0 Å². The van der Waals surface area contributed by atoms with E-state index in [1.807, 2.05) is 0 Å². The van der Waals surface area contributed by atoms with Crippen molar-refractivity contribution in [1.82, 2.24) is 5.01 Å². The zero-order valence-corrected chi connectivity index (χ0v) is 17.2. The average Bonchev–Trinajstić information content (AvgIpc) is 2.65. The van der Waals surface area contributed by atoms with E-state index in [2.05, 4.69) is 73.3 Å². The van der Waals surface area contributed by atoms with E-state index in [9.17, 15) is 4.79 Å². The van der Waals surface area contributed by atoms with Crippen molar-refractivity contribution in [2.45, 2.75) is 64.5 Å². The molecule has 28 heavy (non-hydrogen) atoms. The van der Waals surface area contributed by atoms with Gasteiger partial charge in [-0.2, -0.15) is 0 Å². The quantitative estimate of drug-likeness (QED) is 0.703. The predicted octanol–water partition coefficient (Wildman–Crippen LogP) is 5.40. The van der Waals surface area contributed by atoms with Crippen molar-refractivity contribution in [3.05, 3.63) is 42.5 Å². The van der Waals surface area contributed by atoms with E-state index in [1.54, 1.807) is 0 Å². The third-order valence-electron chi connectivity index (χ3n) is 8.28. The minimum Gasteiger partial charge on any atom is -0.270 e. The highest BCUT2D eigenvalue weighted by Gasteiger charge is 2.63. The van der Waals surface area contributed by atoms with Crippen LogP contribution in [-0.4, -0.2) is 22.5 Å². The van der Waals surface area contributed by atoms with E-state index >= 15 is 0 Å². The molecule has 3 nitrogen and oxygen atoms in total. The monoisotopic (exact) mass is 374 g/mol. The molecule has 4 saturated carbocycles. The van der Waals surface area contributed by atoms with E-state index in [-0.39, 0.29) is 0 Å². The summed E-state index contributed by atoms with van der Waals surface area (Å²) in [5.74, 6) is 2.56. The van der Waals surface area contributed by atoms with Crippen molar-refractivity contribution < 1.29 is 4.79 Å². The summed E-state index contributed by atoms with van der Waals surface area (Å²) in [6.07, 6.45) is 6.67. The molecule has 2 atom stereocenters. The van der Waals surface area contributed by atoms with E-state index < -0.39 is 5.54 Å². The maximum absolute atomic E-state index is 13.4. The van der Waals surface area contributed by atoms with Crippen molar-refractivity contribution in [3.63, 3.8) is 0 Å². The maximum Gasteiger partial charge on any atom is 0.268 e. The van der Waals surface area contributed by atoms with Gasteiger partial charge in [-0.1, -0.05) is 43.3 Å². The fourth-order valence-corrected chi connectivity index (χ4v) is 7.57. The molecular weight excluding hydrogens is 344 g/mol. The predicted molar refractivity (Wildman–Crippen MR) is 113 cm³/mol. The fourth-order valence-electron chi connectivity index (χ4n) is 7.57. The lowest BCUT2D eigenvalue weighted by Crippen LogP contribution is -2.80. The van der Waals surface area contributed by atoms with Crippen LogP contribution in [0.3, 0.4) is 0 Å². The number of rotatable bonds is 2. The zero-order valence-electron chi connectivity index (χ0n) is 17.2. The van der Waals surface area contributed by atoms with E-state index in [0.29, 0.717) is 29.2 Å². The molecule has 5 aliphatic rings. The summed E-state index contributed by atoms with van der Waals surface area (Å²) in [6, 6.07) is 15.4. The van der Waals surface area contributed by atoms with Crippen LogP contribution in [0.15, 0.2) is 42.5 Å². The highest BCUT2D eigenvalue weighted by atomic mass is 16.2. The number of nitrogens with zero attached hydrogens (tertiary/aromatic N) is 2. The molecule has 0 N–H and O–H groups in total. The SMILES string of the molecule is CC1(C)C(=O)N([C@H]2C3CC4CC2C[C@](C)(C4)C3)N1c1cccc2ccccc12. The first-order valence-electron chi connectivity index (χ1n) is 11.0. The van der Waals surface area contributed by atoms with Crippen LogP contribution in [-0.2, 0) is 4.79 Å². The van der Waals surface area contributed by atoms with Crippen LogP contribution in [0.4, 0.5) is 5.69 Å². The van der Waals surface area contributed by atoms with Crippen LogP contribution in [0.5, 0.6) is 0 Å². The van der Waals surface area contributed by atoms with Crippen molar-refractivity contribution in [3.8, 4) is 0 Å². The summed E-state index contributed by atoms with van der Waals surface area (Å²) in [5, 5.41) is 7.02. The normalized spacial score (nSPS) is 38.2. The Balaban J connectivity index is 1.44. The summed E-state index contributed by atoms with van der Waals surface area (Å²) in [5.41, 5.74) is 1.24. The number of carbonyl (C=O) groups is 1. The lowest BCUT2D eigenvalue weighted by molar-refractivity contribution is -0.176. The van der Waals surface area contributed by atoms with E-state index in [0.717, 1.165) is 5.92 Å². The highest BCUT2D eigenvalue weighted by molar-refractivity contribution is 6.03. The van der Waals surface area contributed by atoms with Gasteiger partial charge in [0.1, 0.15) is 5.54 Å². The molecule has 146 valence electrons. The molecule has 2 unspecified atom stereocenters. The van der Waals surface area contributed by atoms with Crippen LogP contribution < -0.4 is 5.01 Å². The standard InChI is InChI=1S/C25H30N2O/c1-24(2)23(28)26(22-18-11-16-12-19(22)15-25(3,13-16)14-18)27(24)21-10-6-8-17-7-4-5-9-20(17)21/h4-10,16,18-19,22H,11-15H2,1-3H3/t16?,18?,19?,22-,25+. The van der Waals surface area contributed by atoms with Gasteiger partial charge in [-0.15, -0.1) is 0 Å². The molecule has 1 aliphatic heterocycles. The molecule has 0 aromatic heterocycles. The van der Waals surface area contributed by atoms with Crippen molar-refractivity contribution in [1.29, 1.82) is 0 Å². The van der Waals surface area contributed by atoms with Gasteiger partial charge in [0.15, 0.2) is 0 Å². The van der Waals surface area contributed by atoms with E-state index in [4.69, 9.17) is 0 Å².